The quantitative estimate of drug-likeness (QED) is 0.840. The van der Waals surface area contributed by atoms with Crippen molar-refractivity contribution in [3.8, 4) is 0 Å². The summed E-state index contributed by atoms with van der Waals surface area (Å²) < 4.78 is 13.0. The molecule has 4 unspecified atom stereocenters. The number of hydrogen-bond acceptors (Lipinski definition) is 4. The number of aromatic nitrogens is 1. The molecule has 0 amide bonds. The molecule has 0 radical (unpaired) electrons. The number of halogens is 1. The molecule has 1 fully saturated rings. The molecule has 5 heteroatoms. The Morgan fingerprint density at radius 2 is 2.24 bits per heavy atom. The molecular formula is C16H26FN3O. The van der Waals surface area contributed by atoms with Crippen LogP contribution in [0.15, 0.2) is 18.3 Å². The zero-order valence-electron chi connectivity index (χ0n) is 13.1. The van der Waals surface area contributed by atoms with Gasteiger partial charge in [-0.15, -0.1) is 0 Å². The van der Waals surface area contributed by atoms with Crippen LogP contribution >= 0.6 is 0 Å². The lowest BCUT2D eigenvalue weighted by atomic mass is 9.97. The fraction of sp³-hybridized carbons (Fsp3) is 0.688. The highest BCUT2D eigenvalue weighted by molar-refractivity contribution is 5.11. The standard InChI is InChI=1S/C16H26FN3O/c1-11(9-20-7-6-13(10-20)12(2)21)16(18-3)15-5-4-14(17)8-19-15/h4-5,8,11-13,16,18,21H,6-7,9-10H2,1-3H3. The van der Waals surface area contributed by atoms with Gasteiger partial charge in [0.05, 0.1) is 24.0 Å². The highest BCUT2D eigenvalue weighted by Crippen LogP contribution is 2.25. The van der Waals surface area contributed by atoms with Gasteiger partial charge < -0.3 is 15.3 Å². The Morgan fingerprint density at radius 3 is 2.76 bits per heavy atom. The molecule has 0 aromatic carbocycles. The maximum absolute atomic E-state index is 13.0. The normalized spacial score (nSPS) is 24.0. The van der Waals surface area contributed by atoms with Crippen molar-refractivity contribution in [3.63, 3.8) is 0 Å². The first-order chi connectivity index (χ1) is 10.0. The topological polar surface area (TPSA) is 48.4 Å². The van der Waals surface area contributed by atoms with Gasteiger partial charge in [0.2, 0.25) is 0 Å². The van der Waals surface area contributed by atoms with Gasteiger partial charge in [0.15, 0.2) is 0 Å². The summed E-state index contributed by atoms with van der Waals surface area (Å²) in [6, 6.07) is 3.31. The molecule has 2 heterocycles. The first-order valence-corrected chi connectivity index (χ1v) is 7.70. The Labute approximate surface area is 126 Å². The van der Waals surface area contributed by atoms with Gasteiger partial charge in [-0.2, -0.15) is 0 Å². The smallest absolute Gasteiger partial charge is 0.141 e. The van der Waals surface area contributed by atoms with E-state index in [0.29, 0.717) is 11.8 Å². The fourth-order valence-corrected chi connectivity index (χ4v) is 3.23. The summed E-state index contributed by atoms with van der Waals surface area (Å²) in [6.07, 6.45) is 2.10. The van der Waals surface area contributed by atoms with E-state index in [1.807, 2.05) is 14.0 Å². The molecule has 1 aromatic heterocycles. The lowest BCUT2D eigenvalue weighted by molar-refractivity contribution is 0.125. The molecule has 0 spiro atoms. The summed E-state index contributed by atoms with van der Waals surface area (Å²) in [5, 5.41) is 13.0. The van der Waals surface area contributed by atoms with E-state index >= 15 is 0 Å². The summed E-state index contributed by atoms with van der Waals surface area (Å²) in [5.41, 5.74) is 0.873. The maximum Gasteiger partial charge on any atom is 0.141 e. The molecule has 4 nitrogen and oxygen atoms in total. The van der Waals surface area contributed by atoms with Crippen LogP contribution in [0.3, 0.4) is 0 Å². The van der Waals surface area contributed by atoms with Crippen LogP contribution in [0.1, 0.15) is 32.0 Å². The van der Waals surface area contributed by atoms with E-state index < -0.39 is 0 Å². The number of pyridine rings is 1. The number of likely N-dealkylation sites (tertiary alicyclic amines) is 1. The number of aliphatic hydroxyl groups excluding tert-OH is 1. The molecule has 2 N–H and O–H groups in total. The highest BCUT2D eigenvalue weighted by atomic mass is 19.1. The predicted molar refractivity (Wildman–Crippen MR) is 81.4 cm³/mol. The van der Waals surface area contributed by atoms with E-state index in [4.69, 9.17) is 0 Å². The SMILES string of the molecule is CNC(c1ccc(F)cn1)C(C)CN1CCC(C(C)O)C1. The van der Waals surface area contributed by atoms with Gasteiger partial charge >= 0.3 is 0 Å². The first kappa shape index (κ1) is 16.3. The van der Waals surface area contributed by atoms with Gasteiger partial charge in [0.1, 0.15) is 5.82 Å². The molecule has 4 atom stereocenters. The Balaban J connectivity index is 1.94. The molecular weight excluding hydrogens is 269 g/mol. The van der Waals surface area contributed by atoms with Gasteiger partial charge in [-0.25, -0.2) is 4.39 Å². The fourth-order valence-electron chi connectivity index (χ4n) is 3.23. The molecule has 0 bridgehead atoms. The van der Waals surface area contributed by atoms with Crippen LogP contribution in [0, 0.1) is 17.7 Å². The van der Waals surface area contributed by atoms with Crippen LogP contribution in [0.5, 0.6) is 0 Å². The van der Waals surface area contributed by atoms with Gasteiger partial charge in [-0.05, 0) is 50.9 Å². The van der Waals surface area contributed by atoms with E-state index in [2.05, 4.69) is 22.1 Å². The summed E-state index contributed by atoms with van der Waals surface area (Å²) in [7, 11) is 1.91. The molecule has 118 valence electrons. The Morgan fingerprint density at radius 1 is 1.48 bits per heavy atom. The number of aliphatic hydroxyl groups is 1. The average molecular weight is 295 g/mol. The van der Waals surface area contributed by atoms with Gasteiger partial charge in [0, 0.05) is 13.1 Å². The molecule has 1 aliphatic rings. The zero-order valence-corrected chi connectivity index (χ0v) is 13.1. The second-order valence-corrected chi connectivity index (χ2v) is 6.19. The van der Waals surface area contributed by atoms with Crippen molar-refractivity contribution in [3.05, 3.63) is 29.8 Å². The molecule has 2 rings (SSSR count). The molecule has 1 saturated heterocycles. The van der Waals surface area contributed by atoms with Crippen LogP contribution in [-0.4, -0.2) is 47.8 Å². The van der Waals surface area contributed by atoms with E-state index in [1.165, 1.54) is 12.3 Å². The van der Waals surface area contributed by atoms with Crippen LogP contribution < -0.4 is 5.32 Å². The third kappa shape index (κ3) is 4.22. The van der Waals surface area contributed by atoms with Gasteiger partial charge in [-0.3, -0.25) is 4.98 Å². The monoisotopic (exact) mass is 295 g/mol. The summed E-state index contributed by atoms with van der Waals surface area (Å²) in [5.74, 6) is 0.440. The first-order valence-electron chi connectivity index (χ1n) is 7.70. The summed E-state index contributed by atoms with van der Waals surface area (Å²) in [6.45, 7) is 6.99. The molecule has 1 aromatic rings. The Bertz CT molecular complexity index is 438. The number of nitrogens with one attached hydrogen (secondary N) is 1. The van der Waals surface area contributed by atoms with Crippen molar-refractivity contribution in [1.29, 1.82) is 0 Å². The minimum atomic E-state index is -0.305. The molecule has 1 aliphatic heterocycles. The number of rotatable bonds is 6. The van der Waals surface area contributed by atoms with Crippen molar-refractivity contribution >= 4 is 0 Å². The summed E-state index contributed by atoms with van der Waals surface area (Å²) >= 11 is 0. The average Bonchev–Trinajstić information content (AvgIpc) is 2.90. The van der Waals surface area contributed by atoms with Crippen LogP contribution in [0.4, 0.5) is 4.39 Å². The van der Waals surface area contributed by atoms with Gasteiger partial charge in [-0.1, -0.05) is 6.92 Å². The van der Waals surface area contributed by atoms with E-state index in [0.717, 1.165) is 31.7 Å². The van der Waals surface area contributed by atoms with Crippen molar-refractivity contribution < 1.29 is 9.50 Å². The minimum absolute atomic E-state index is 0.108. The van der Waals surface area contributed by atoms with Crippen LogP contribution in [-0.2, 0) is 0 Å². The third-order valence-corrected chi connectivity index (χ3v) is 4.49. The largest absolute Gasteiger partial charge is 0.393 e. The second kappa shape index (κ2) is 7.29. The molecule has 0 saturated carbocycles. The van der Waals surface area contributed by atoms with E-state index in [9.17, 15) is 9.50 Å². The Hall–Kier alpha value is -1.04. The number of nitrogens with zero attached hydrogens (tertiary/aromatic N) is 2. The summed E-state index contributed by atoms with van der Waals surface area (Å²) in [4.78, 5) is 6.59. The van der Waals surface area contributed by atoms with Crippen LogP contribution in [0.2, 0.25) is 0 Å². The molecule has 0 aliphatic carbocycles. The van der Waals surface area contributed by atoms with Crippen molar-refractivity contribution in [2.75, 3.05) is 26.7 Å². The lowest BCUT2D eigenvalue weighted by Crippen LogP contribution is -2.34. The van der Waals surface area contributed by atoms with Crippen molar-refractivity contribution in [2.24, 2.45) is 11.8 Å². The van der Waals surface area contributed by atoms with Crippen LogP contribution in [0.25, 0.3) is 0 Å². The van der Waals surface area contributed by atoms with E-state index in [-0.39, 0.29) is 18.0 Å². The molecule has 21 heavy (non-hydrogen) atoms. The van der Waals surface area contributed by atoms with E-state index in [1.54, 1.807) is 6.07 Å². The Kier molecular flexibility index (Phi) is 5.67. The minimum Gasteiger partial charge on any atom is -0.393 e. The predicted octanol–water partition coefficient (Wildman–Crippen LogP) is 1.82. The zero-order chi connectivity index (χ0) is 15.4. The number of hydrogen-bond donors (Lipinski definition) is 2. The third-order valence-electron chi connectivity index (χ3n) is 4.49. The van der Waals surface area contributed by atoms with Gasteiger partial charge in [0.25, 0.3) is 0 Å². The second-order valence-electron chi connectivity index (χ2n) is 6.19. The van der Waals surface area contributed by atoms with Crippen molar-refractivity contribution in [2.45, 2.75) is 32.4 Å². The lowest BCUT2D eigenvalue weighted by Gasteiger charge is -2.27. The highest BCUT2D eigenvalue weighted by Gasteiger charge is 2.29. The maximum atomic E-state index is 13.0. The van der Waals surface area contributed by atoms with Crippen molar-refractivity contribution in [1.82, 2.24) is 15.2 Å².